The van der Waals surface area contributed by atoms with Crippen molar-refractivity contribution in [3.05, 3.63) is 35.9 Å². The Balaban J connectivity index is 2.75. The van der Waals surface area contributed by atoms with E-state index in [-0.39, 0.29) is 12.4 Å². The molecule has 1 rings (SSSR count). The quantitative estimate of drug-likeness (QED) is 0.816. The third kappa shape index (κ3) is 5.23. The van der Waals surface area contributed by atoms with E-state index >= 15 is 0 Å². The lowest BCUT2D eigenvalue weighted by Crippen LogP contribution is -2.32. The summed E-state index contributed by atoms with van der Waals surface area (Å²) in [6, 6.07) is 6.87. The molecule has 0 saturated heterocycles. The maximum absolute atomic E-state index is 12.0. The molecule has 0 spiro atoms. The van der Waals surface area contributed by atoms with Gasteiger partial charge < -0.3 is 9.84 Å². The van der Waals surface area contributed by atoms with Gasteiger partial charge in [-0.15, -0.1) is 0 Å². The van der Waals surface area contributed by atoms with Gasteiger partial charge >= 0.3 is 5.97 Å². The maximum Gasteiger partial charge on any atom is 0.328 e. The van der Waals surface area contributed by atoms with E-state index in [0.29, 0.717) is 11.3 Å². The van der Waals surface area contributed by atoms with Gasteiger partial charge in [-0.3, -0.25) is 0 Å². The Kier molecular flexibility index (Phi) is 5.54. The van der Waals surface area contributed by atoms with E-state index in [2.05, 4.69) is 0 Å². The average Bonchev–Trinajstić information content (AvgIpc) is 2.36. The van der Waals surface area contributed by atoms with Crippen molar-refractivity contribution in [1.82, 2.24) is 0 Å². The zero-order valence-corrected chi connectivity index (χ0v) is 13.2. The standard InChI is InChI=1S/C15H20O5S/c1-15(2,3)21(18,19)11-10-20-13-7-5-4-6-12(13)8-9-14(16)17/h4-9H,10-11H2,1-3H3,(H,16,17)/b9-8+. The van der Waals surface area contributed by atoms with E-state index in [0.717, 1.165) is 6.08 Å². The fraction of sp³-hybridized carbons (Fsp3) is 0.400. The van der Waals surface area contributed by atoms with Crippen molar-refractivity contribution >= 4 is 21.9 Å². The van der Waals surface area contributed by atoms with Crippen LogP contribution in [0, 0.1) is 0 Å². The lowest BCUT2D eigenvalue weighted by Gasteiger charge is -2.19. The van der Waals surface area contributed by atoms with E-state index in [1.165, 1.54) is 6.08 Å². The number of benzene rings is 1. The van der Waals surface area contributed by atoms with Crippen LogP contribution < -0.4 is 4.74 Å². The van der Waals surface area contributed by atoms with Crippen LogP contribution in [0.4, 0.5) is 0 Å². The van der Waals surface area contributed by atoms with Crippen LogP contribution in [0.1, 0.15) is 26.3 Å². The van der Waals surface area contributed by atoms with Crippen molar-refractivity contribution < 1.29 is 23.1 Å². The number of sulfone groups is 1. The molecule has 1 N–H and O–H groups in total. The smallest absolute Gasteiger partial charge is 0.328 e. The Bertz CT molecular complexity index is 624. The highest BCUT2D eigenvalue weighted by Gasteiger charge is 2.28. The van der Waals surface area contributed by atoms with Crippen molar-refractivity contribution in [2.75, 3.05) is 12.4 Å². The van der Waals surface area contributed by atoms with Gasteiger partial charge in [0, 0.05) is 11.6 Å². The Morgan fingerprint density at radius 1 is 1.29 bits per heavy atom. The number of carbonyl (C=O) groups is 1. The first-order valence-electron chi connectivity index (χ1n) is 6.48. The van der Waals surface area contributed by atoms with Crippen LogP contribution in [0.3, 0.4) is 0 Å². The molecule has 0 saturated carbocycles. The highest BCUT2D eigenvalue weighted by atomic mass is 32.2. The van der Waals surface area contributed by atoms with Crippen molar-refractivity contribution in [2.45, 2.75) is 25.5 Å². The van der Waals surface area contributed by atoms with E-state index in [4.69, 9.17) is 9.84 Å². The first-order valence-corrected chi connectivity index (χ1v) is 8.14. The lowest BCUT2D eigenvalue weighted by molar-refractivity contribution is -0.131. The summed E-state index contributed by atoms with van der Waals surface area (Å²) in [5.41, 5.74) is 0.591. The van der Waals surface area contributed by atoms with Gasteiger partial charge in [0.25, 0.3) is 0 Å². The highest BCUT2D eigenvalue weighted by Crippen LogP contribution is 2.21. The van der Waals surface area contributed by atoms with E-state index < -0.39 is 20.6 Å². The molecule has 0 heterocycles. The SMILES string of the molecule is CC(C)(C)S(=O)(=O)CCOc1ccccc1/C=C/C(=O)O. The Morgan fingerprint density at radius 3 is 2.48 bits per heavy atom. The lowest BCUT2D eigenvalue weighted by atomic mass is 10.2. The third-order valence-electron chi connectivity index (χ3n) is 2.87. The third-order valence-corrected chi connectivity index (χ3v) is 5.44. The predicted molar refractivity (Wildman–Crippen MR) is 82.1 cm³/mol. The molecule has 0 aliphatic rings. The number of para-hydroxylation sites is 1. The molecule has 21 heavy (non-hydrogen) atoms. The monoisotopic (exact) mass is 312 g/mol. The van der Waals surface area contributed by atoms with Crippen molar-refractivity contribution in [2.24, 2.45) is 0 Å². The summed E-state index contributed by atoms with van der Waals surface area (Å²) in [5.74, 6) is -0.688. The molecule has 0 fully saturated rings. The van der Waals surface area contributed by atoms with Crippen LogP contribution in [-0.4, -0.2) is 36.6 Å². The second kappa shape index (κ2) is 6.76. The van der Waals surface area contributed by atoms with Crippen molar-refractivity contribution in [3.63, 3.8) is 0 Å². The van der Waals surface area contributed by atoms with Crippen LogP contribution in [0.5, 0.6) is 5.75 Å². The second-order valence-electron chi connectivity index (χ2n) is 5.49. The van der Waals surface area contributed by atoms with Gasteiger partial charge in [0.2, 0.25) is 0 Å². The van der Waals surface area contributed by atoms with E-state index in [1.54, 1.807) is 45.0 Å². The first-order chi connectivity index (χ1) is 9.63. The second-order valence-corrected chi connectivity index (χ2v) is 8.35. The normalized spacial score (nSPS) is 12.5. The minimum atomic E-state index is -3.24. The van der Waals surface area contributed by atoms with Gasteiger partial charge in [-0.2, -0.15) is 0 Å². The topological polar surface area (TPSA) is 80.7 Å². The number of hydrogen-bond donors (Lipinski definition) is 1. The van der Waals surface area contributed by atoms with Gasteiger partial charge in [0.1, 0.15) is 12.4 Å². The van der Waals surface area contributed by atoms with Gasteiger partial charge in [0.15, 0.2) is 9.84 Å². The molecule has 0 radical (unpaired) electrons. The number of carboxylic acid groups (broad SMARTS) is 1. The van der Waals surface area contributed by atoms with Gasteiger partial charge in [0.05, 0.1) is 10.5 Å². The Hall–Kier alpha value is -1.82. The Morgan fingerprint density at radius 2 is 1.90 bits per heavy atom. The van der Waals surface area contributed by atoms with Gasteiger partial charge in [-0.25, -0.2) is 13.2 Å². The fourth-order valence-corrected chi connectivity index (χ4v) is 2.39. The maximum atomic E-state index is 12.0. The van der Waals surface area contributed by atoms with Gasteiger partial charge in [-0.1, -0.05) is 18.2 Å². The molecule has 116 valence electrons. The molecule has 0 unspecified atom stereocenters. The molecule has 0 bridgehead atoms. The average molecular weight is 312 g/mol. The predicted octanol–water partition coefficient (Wildman–Crippen LogP) is 2.38. The summed E-state index contributed by atoms with van der Waals surface area (Å²) in [5, 5.41) is 8.63. The van der Waals surface area contributed by atoms with Crippen LogP contribution in [-0.2, 0) is 14.6 Å². The summed E-state index contributed by atoms with van der Waals surface area (Å²) >= 11 is 0. The Labute approximate surface area is 125 Å². The molecule has 0 amide bonds. The molecule has 5 nitrogen and oxygen atoms in total. The summed E-state index contributed by atoms with van der Waals surface area (Å²) < 4.78 is 28.6. The molecule has 0 aromatic heterocycles. The minimum absolute atomic E-state index is 0.0253. The summed E-state index contributed by atoms with van der Waals surface area (Å²) in [7, 11) is -3.24. The number of hydrogen-bond acceptors (Lipinski definition) is 4. The van der Waals surface area contributed by atoms with Crippen molar-refractivity contribution in [3.8, 4) is 5.75 Å². The number of rotatable bonds is 6. The summed E-state index contributed by atoms with van der Waals surface area (Å²) in [4.78, 5) is 10.5. The van der Waals surface area contributed by atoms with Crippen LogP contribution in [0.15, 0.2) is 30.3 Å². The summed E-state index contributed by atoms with van der Waals surface area (Å²) in [6.45, 7) is 4.96. The molecule has 0 aliphatic carbocycles. The van der Waals surface area contributed by atoms with Crippen LogP contribution in [0.2, 0.25) is 0 Å². The summed E-state index contributed by atoms with van der Waals surface area (Å²) in [6.07, 6.45) is 2.42. The van der Waals surface area contributed by atoms with E-state index in [1.807, 2.05) is 0 Å². The van der Waals surface area contributed by atoms with E-state index in [9.17, 15) is 13.2 Å². The molecule has 0 atom stereocenters. The first kappa shape index (κ1) is 17.2. The molecule has 0 aliphatic heterocycles. The minimum Gasteiger partial charge on any atom is -0.492 e. The molecule has 6 heteroatoms. The highest BCUT2D eigenvalue weighted by molar-refractivity contribution is 7.92. The zero-order chi connectivity index (χ0) is 16.1. The molecular weight excluding hydrogens is 292 g/mol. The zero-order valence-electron chi connectivity index (χ0n) is 12.4. The van der Waals surface area contributed by atoms with Gasteiger partial charge in [-0.05, 0) is 32.9 Å². The number of aliphatic carboxylic acids is 1. The number of carboxylic acids is 1. The van der Waals surface area contributed by atoms with Crippen LogP contribution in [0.25, 0.3) is 6.08 Å². The number of ether oxygens (including phenoxy) is 1. The molecule has 1 aromatic carbocycles. The fourth-order valence-electron chi connectivity index (χ4n) is 1.48. The van der Waals surface area contributed by atoms with Crippen molar-refractivity contribution in [1.29, 1.82) is 0 Å². The molecular formula is C15H20O5S. The van der Waals surface area contributed by atoms with Crippen LogP contribution >= 0.6 is 0 Å². The molecule has 1 aromatic rings. The largest absolute Gasteiger partial charge is 0.492 e.